The van der Waals surface area contributed by atoms with Crippen molar-refractivity contribution < 1.29 is 9.84 Å². The predicted molar refractivity (Wildman–Crippen MR) is 79.2 cm³/mol. The molecule has 1 aliphatic heterocycles. The van der Waals surface area contributed by atoms with E-state index < -0.39 is 0 Å². The van der Waals surface area contributed by atoms with Crippen LogP contribution < -0.4 is 4.74 Å². The van der Waals surface area contributed by atoms with Crippen LogP contribution in [0.4, 0.5) is 0 Å². The average Bonchev–Trinajstić information content (AvgIpc) is 2.84. The van der Waals surface area contributed by atoms with Crippen molar-refractivity contribution in [1.82, 2.24) is 9.88 Å². The van der Waals surface area contributed by atoms with E-state index in [0.717, 1.165) is 41.7 Å². The lowest BCUT2D eigenvalue weighted by Gasteiger charge is -2.16. The maximum atomic E-state index is 9.57. The van der Waals surface area contributed by atoms with Gasteiger partial charge in [-0.1, -0.05) is 11.6 Å². The first-order valence-corrected chi connectivity index (χ1v) is 7.07. The third-order valence-electron chi connectivity index (χ3n) is 3.69. The first kappa shape index (κ1) is 13.6. The number of aromatic nitrogens is 1. The molecule has 0 aliphatic carbocycles. The van der Waals surface area contributed by atoms with Crippen molar-refractivity contribution in [1.29, 1.82) is 0 Å². The summed E-state index contributed by atoms with van der Waals surface area (Å²) in [6.07, 6.45) is 0.613. The maximum absolute atomic E-state index is 9.57. The molecule has 20 heavy (non-hydrogen) atoms. The van der Waals surface area contributed by atoms with Gasteiger partial charge in [-0.25, -0.2) is 4.98 Å². The summed E-state index contributed by atoms with van der Waals surface area (Å²) in [4.78, 5) is 6.64. The number of benzene rings is 1. The number of hydrogen-bond donors (Lipinski definition) is 1. The van der Waals surface area contributed by atoms with Gasteiger partial charge in [0.2, 0.25) is 0 Å². The molecule has 0 bridgehead atoms. The summed E-state index contributed by atoms with van der Waals surface area (Å²) in [5, 5.41) is 11.1. The molecule has 1 aromatic heterocycles. The lowest BCUT2D eigenvalue weighted by molar-refractivity contribution is 0.175. The second kappa shape index (κ2) is 5.56. The zero-order chi connectivity index (χ0) is 14.1. The van der Waals surface area contributed by atoms with Gasteiger partial charge in [0, 0.05) is 36.7 Å². The molecule has 0 amide bonds. The van der Waals surface area contributed by atoms with Gasteiger partial charge in [0.15, 0.2) is 0 Å². The van der Waals surface area contributed by atoms with Crippen LogP contribution in [-0.2, 0) is 6.54 Å². The lowest BCUT2D eigenvalue weighted by atomic mass is 10.1. The van der Waals surface area contributed by atoms with Gasteiger partial charge in [-0.05, 0) is 24.6 Å². The van der Waals surface area contributed by atoms with Gasteiger partial charge in [0.1, 0.15) is 10.9 Å². The highest BCUT2D eigenvalue weighted by Crippen LogP contribution is 2.26. The number of aliphatic hydroxyl groups is 1. The molecular formula is C15H17ClN2O2. The second-order valence-corrected chi connectivity index (χ2v) is 5.53. The molecule has 1 aromatic carbocycles. The number of likely N-dealkylation sites (tertiary alicyclic amines) is 1. The van der Waals surface area contributed by atoms with Crippen molar-refractivity contribution >= 4 is 22.5 Å². The molecular weight excluding hydrogens is 276 g/mol. The Balaban J connectivity index is 1.89. The van der Waals surface area contributed by atoms with Crippen molar-refractivity contribution in [2.24, 2.45) is 0 Å². The fourth-order valence-electron chi connectivity index (χ4n) is 2.60. The van der Waals surface area contributed by atoms with E-state index in [1.165, 1.54) is 0 Å². The van der Waals surface area contributed by atoms with Crippen LogP contribution in [0.1, 0.15) is 12.0 Å². The van der Waals surface area contributed by atoms with Gasteiger partial charge in [0.05, 0.1) is 18.7 Å². The first-order valence-electron chi connectivity index (χ1n) is 6.69. The summed E-state index contributed by atoms with van der Waals surface area (Å²) < 4.78 is 5.19. The summed E-state index contributed by atoms with van der Waals surface area (Å²) in [5.41, 5.74) is 1.83. The minimum atomic E-state index is -0.216. The Morgan fingerprint density at radius 2 is 2.30 bits per heavy atom. The van der Waals surface area contributed by atoms with Crippen LogP contribution in [0.2, 0.25) is 5.15 Å². The SMILES string of the molecule is COc1ccc2cc(CN3CCC(O)C3)c(Cl)nc2c1. The minimum absolute atomic E-state index is 0.216. The summed E-state index contributed by atoms with van der Waals surface area (Å²) in [7, 11) is 1.63. The molecule has 1 atom stereocenters. The number of nitrogens with zero attached hydrogens (tertiary/aromatic N) is 2. The lowest BCUT2D eigenvalue weighted by Crippen LogP contribution is -2.21. The molecule has 1 unspecified atom stereocenters. The van der Waals surface area contributed by atoms with Crippen LogP contribution in [0, 0.1) is 0 Å². The van der Waals surface area contributed by atoms with E-state index in [-0.39, 0.29) is 6.10 Å². The molecule has 0 radical (unpaired) electrons. The molecule has 1 saturated heterocycles. The minimum Gasteiger partial charge on any atom is -0.497 e. The van der Waals surface area contributed by atoms with Crippen molar-refractivity contribution in [2.75, 3.05) is 20.2 Å². The fourth-order valence-corrected chi connectivity index (χ4v) is 2.81. The Morgan fingerprint density at radius 1 is 1.45 bits per heavy atom. The van der Waals surface area contributed by atoms with Crippen LogP contribution in [0.3, 0.4) is 0 Å². The smallest absolute Gasteiger partial charge is 0.134 e. The predicted octanol–water partition coefficient (Wildman–Crippen LogP) is 2.46. The number of ether oxygens (including phenoxy) is 1. The number of β-amino-alcohol motifs (C(OH)–C–C–N with tert-alkyl or cyclic N) is 1. The van der Waals surface area contributed by atoms with E-state index >= 15 is 0 Å². The van der Waals surface area contributed by atoms with Gasteiger partial charge in [-0.15, -0.1) is 0 Å². The van der Waals surface area contributed by atoms with Crippen molar-refractivity contribution in [2.45, 2.75) is 19.1 Å². The Morgan fingerprint density at radius 3 is 3.00 bits per heavy atom. The van der Waals surface area contributed by atoms with E-state index in [1.807, 2.05) is 18.2 Å². The first-order chi connectivity index (χ1) is 9.65. The van der Waals surface area contributed by atoms with E-state index in [0.29, 0.717) is 11.7 Å². The largest absolute Gasteiger partial charge is 0.497 e. The molecule has 3 rings (SSSR count). The van der Waals surface area contributed by atoms with E-state index in [1.54, 1.807) is 7.11 Å². The Kier molecular flexibility index (Phi) is 3.78. The van der Waals surface area contributed by atoms with E-state index in [4.69, 9.17) is 16.3 Å². The molecule has 106 valence electrons. The van der Waals surface area contributed by atoms with Gasteiger partial charge in [0.25, 0.3) is 0 Å². The van der Waals surface area contributed by atoms with Crippen molar-refractivity contribution in [3.63, 3.8) is 0 Å². The quantitative estimate of drug-likeness (QED) is 0.883. The van der Waals surface area contributed by atoms with Gasteiger partial charge >= 0.3 is 0 Å². The van der Waals surface area contributed by atoms with Crippen LogP contribution in [0.25, 0.3) is 10.9 Å². The second-order valence-electron chi connectivity index (χ2n) is 5.17. The number of halogens is 1. The number of aliphatic hydroxyl groups excluding tert-OH is 1. The normalized spacial score (nSPS) is 19.6. The molecule has 1 fully saturated rings. The zero-order valence-corrected chi connectivity index (χ0v) is 12.1. The molecule has 1 aliphatic rings. The molecule has 1 N–H and O–H groups in total. The molecule has 5 heteroatoms. The Bertz CT molecular complexity index is 633. The standard InChI is InChI=1S/C15H17ClN2O2/c1-20-13-3-2-10-6-11(15(16)17-14(10)7-13)8-18-5-4-12(19)9-18/h2-3,6-7,12,19H,4-5,8-9H2,1H3. The Labute approximate surface area is 122 Å². The maximum Gasteiger partial charge on any atom is 0.134 e. The van der Waals surface area contributed by atoms with Crippen LogP contribution in [0.15, 0.2) is 24.3 Å². The Hall–Kier alpha value is -1.36. The highest BCUT2D eigenvalue weighted by molar-refractivity contribution is 6.30. The van der Waals surface area contributed by atoms with Gasteiger partial charge in [-0.2, -0.15) is 0 Å². The zero-order valence-electron chi connectivity index (χ0n) is 11.3. The van der Waals surface area contributed by atoms with E-state index in [9.17, 15) is 5.11 Å². The molecule has 0 saturated carbocycles. The molecule has 2 aromatic rings. The summed E-state index contributed by atoms with van der Waals surface area (Å²) in [6, 6.07) is 7.85. The highest BCUT2D eigenvalue weighted by Gasteiger charge is 2.21. The van der Waals surface area contributed by atoms with Crippen molar-refractivity contribution in [3.8, 4) is 5.75 Å². The van der Waals surface area contributed by atoms with Gasteiger partial charge < -0.3 is 9.84 Å². The topological polar surface area (TPSA) is 45.6 Å². The fraction of sp³-hybridized carbons (Fsp3) is 0.400. The third kappa shape index (κ3) is 2.73. The van der Waals surface area contributed by atoms with Gasteiger partial charge in [-0.3, -0.25) is 4.90 Å². The third-order valence-corrected chi connectivity index (χ3v) is 4.02. The number of fused-ring (bicyclic) bond motifs is 1. The number of hydrogen-bond acceptors (Lipinski definition) is 4. The van der Waals surface area contributed by atoms with Crippen molar-refractivity contribution in [3.05, 3.63) is 35.0 Å². The number of pyridine rings is 1. The monoisotopic (exact) mass is 292 g/mol. The number of methoxy groups -OCH3 is 1. The van der Waals surface area contributed by atoms with Crippen LogP contribution in [0.5, 0.6) is 5.75 Å². The number of rotatable bonds is 3. The average molecular weight is 293 g/mol. The van der Waals surface area contributed by atoms with E-state index in [2.05, 4.69) is 16.0 Å². The molecule has 4 nitrogen and oxygen atoms in total. The summed E-state index contributed by atoms with van der Waals surface area (Å²) in [5.74, 6) is 0.775. The summed E-state index contributed by atoms with van der Waals surface area (Å²) in [6.45, 7) is 2.33. The molecule has 2 heterocycles. The molecule has 0 spiro atoms. The van der Waals surface area contributed by atoms with Crippen LogP contribution >= 0.6 is 11.6 Å². The van der Waals surface area contributed by atoms with Crippen LogP contribution in [-0.4, -0.2) is 41.3 Å². The highest BCUT2D eigenvalue weighted by atomic mass is 35.5. The summed E-state index contributed by atoms with van der Waals surface area (Å²) >= 11 is 6.27.